The first-order valence-corrected chi connectivity index (χ1v) is 7.01. The molecule has 0 atom stereocenters. The third kappa shape index (κ3) is 5.37. The molecule has 0 aliphatic carbocycles. The van der Waals surface area contributed by atoms with Crippen LogP contribution in [0.15, 0.2) is 30.6 Å². The summed E-state index contributed by atoms with van der Waals surface area (Å²) in [6, 6.07) is 4.37. The molecule has 1 aromatic carbocycles. The van der Waals surface area contributed by atoms with Crippen molar-refractivity contribution in [1.29, 1.82) is 0 Å². The number of ether oxygens (including phenoxy) is 1. The van der Waals surface area contributed by atoms with Crippen LogP contribution in [0.4, 0.5) is 13.2 Å². The standard InChI is InChI=1S/C14H9Cl2F3N2O2/c15-8-6-20-13(21-7-8)23-12-3-1-2-11(16)10(12)4-9(22)5-14(17,18)19/h1-3,6-7H,4-5H2. The lowest BCUT2D eigenvalue weighted by atomic mass is 10.1. The molecule has 23 heavy (non-hydrogen) atoms. The highest BCUT2D eigenvalue weighted by atomic mass is 35.5. The number of ketones is 1. The molecule has 2 rings (SSSR count). The van der Waals surface area contributed by atoms with Crippen molar-refractivity contribution in [3.05, 3.63) is 46.2 Å². The fourth-order valence-electron chi connectivity index (χ4n) is 1.74. The number of rotatable bonds is 5. The second-order valence-corrected chi connectivity index (χ2v) is 5.35. The van der Waals surface area contributed by atoms with E-state index in [2.05, 4.69) is 9.97 Å². The number of benzene rings is 1. The second-order valence-electron chi connectivity index (χ2n) is 4.51. The maximum Gasteiger partial charge on any atom is 0.395 e. The van der Waals surface area contributed by atoms with Crippen LogP contribution in [-0.4, -0.2) is 21.9 Å². The van der Waals surface area contributed by atoms with Crippen LogP contribution in [-0.2, 0) is 11.2 Å². The zero-order valence-corrected chi connectivity index (χ0v) is 12.9. The molecule has 0 N–H and O–H groups in total. The van der Waals surface area contributed by atoms with Crippen molar-refractivity contribution in [1.82, 2.24) is 9.97 Å². The quantitative estimate of drug-likeness (QED) is 0.775. The summed E-state index contributed by atoms with van der Waals surface area (Å²) in [5.74, 6) is -0.914. The summed E-state index contributed by atoms with van der Waals surface area (Å²) < 4.78 is 42.2. The molecule has 0 amide bonds. The number of aromatic nitrogens is 2. The van der Waals surface area contributed by atoms with Gasteiger partial charge >= 0.3 is 12.2 Å². The molecule has 1 heterocycles. The number of carbonyl (C=O) groups is 1. The van der Waals surface area contributed by atoms with E-state index in [1.54, 1.807) is 0 Å². The fourth-order valence-corrected chi connectivity index (χ4v) is 2.07. The maximum absolute atomic E-state index is 12.3. The molecule has 0 radical (unpaired) electrons. The molecule has 0 spiro atoms. The van der Waals surface area contributed by atoms with Gasteiger partial charge in [0.1, 0.15) is 18.0 Å². The molecule has 9 heteroatoms. The average molecular weight is 365 g/mol. The van der Waals surface area contributed by atoms with Crippen LogP contribution in [0.5, 0.6) is 11.8 Å². The first kappa shape index (κ1) is 17.5. The smallest absolute Gasteiger partial charge is 0.395 e. The van der Waals surface area contributed by atoms with Gasteiger partial charge in [-0.05, 0) is 12.1 Å². The minimum Gasteiger partial charge on any atom is -0.424 e. The number of nitrogens with zero attached hydrogens (tertiary/aromatic N) is 2. The van der Waals surface area contributed by atoms with E-state index in [9.17, 15) is 18.0 Å². The Balaban J connectivity index is 2.22. The molecule has 0 bridgehead atoms. The Morgan fingerprint density at radius 2 is 1.83 bits per heavy atom. The maximum atomic E-state index is 12.3. The zero-order chi connectivity index (χ0) is 17.0. The molecule has 0 saturated heterocycles. The number of alkyl halides is 3. The highest BCUT2D eigenvalue weighted by Crippen LogP contribution is 2.31. The number of hydrogen-bond acceptors (Lipinski definition) is 4. The summed E-state index contributed by atoms with van der Waals surface area (Å²) in [5.41, 5.74) is 0.141. The predicted octanol–water partition coefficient (Wildman–Crippen LogP) is 4.64. The third-order valence-electron chi connectivity index (χ3n) is 2.65. The largest absolute Gasteiger partial charge is 0.424 e. The van der Waals surface area contributed by atoms with Gasteiger partial charge in [-0.3, -0.25) is 4.79 Å². The average Bonchev–Trinajstić information content (AvgIpc) is 2.43. The predicted molar refractivity (Wildman–Crippen MR) is 78.0 cm³/mol. The van der Waals surface area contributed by atoms with Gasteiger partial charge in [0.25, 0.3) is 0 Å². The van der Waals surface area contributed by atoms with E-state index in [1.807, 2.05) is 0 Å². The van der Waals surface area contributed by atoms with E-state index >= 15 is 0 Å². The van der Waals surface area contributed by atoms with E-state index in [-0.39, 0.29) is 22.3 Å². The van der Waals surface area contributed by atoms with Gasteiger partial charge in [-0.15, -0.1) is 0 Å². The molecule has 2 aromatic rings. The Labute approximate surface area is 139 Å². The van der Waals surface area contributed by atoms with Gasteiger partial charge in [0.2, 0.25) is 0 Å². The Hall–Kier alpha value is -1.86. The van der Waals surface area contributed by atoms with Crippen LogP contribution in [0.25, 0.3) is 0 Å². The Morgan fingerprint density at radius 3 is 2.43 bits per heavy atom. The SMILES string of the molecule is O=C(Cc1c(Cl)cccc1Oc1ncc(Cl)cn1)CC(F)(F)F. The summed E-state index contributed by atoms with van der Waals surface area (Å²) in [5, 5.41) is 0.413. The lowest BCUT2D eigenvalue weighted by Gasteiger charge is -2.12. The fraction of sp³-hybridized carbons (Fsp3) is 0.214. The van der Waals surface area contributed by atoms with Crippen molar-refractivity contribution in [2.24, 2.45) is 0 Å². The molecule has 4 nitrogen and oxygen atoms in total. The van der Waals surface area contributed by atoms with Crippen molar-refractivity contribution < 1.29 is 22.7 Å². The van der Waals surface area contributed by atoms with Gasteiger partial charge < -0.3 is 4.74 Å². The van der Waals surface area contributed by atoms with E-state index < -0.39 is 24.8 Å². The first-order valence-electron chi connectivity index (χ1n) is 6.26. The third-order valence-corrected chi connectivity index (χ3v) is 3.19. The van der Waals surface area contributed by atoms with Gasteiger partial charge in [0.05, 0.1) is 17.4 Å². The highest BCUT2D eigenvalue weighted by molar-refractivity contribution is 6.31. The van der Waals surface area contributed by atoms with Gasteiger partial charge in [0, 0.05) is 17.0 Å². The van der Waals surface area contributed by atoms with E-state index in [1.165, 1.54) is 30.6 Å². The van der Waals surface area contributed by atoms with Crippen LogP contribution in [0.2, 0.25) is 10.0 Å². The summed E-state index contributed by atoms with van der Waals surface area (Å²) in [6.45, 7) is 0. The van der Waals surface area contributed by atoms with Crippen molar-refractivity contribution in [2.45, 2.75) is 19.0 Å². The molecular formula is C14H9Cl2F3N2O2. The molecule has 0 unspecified atom stereocenters. The van der Waals surface area contributed by atoms with Gasteiger partial charge in [0.15, 0.2) is 0 Å². The number of carbonyl (C=O) groups excluding carboxylic acids is 1. The van der Waals surface area contributed by atoms with Gasteiger partial charge in [-0.2, -0.15) is 13.2 Å². The molecule has 0 aliphatic heterocycles. The van der Waals surface area contributed by atoms with Crippen LogP contribution in [0.1, 0.15) is 12.0 Å². The van der Waals surface area contributed by atoms with E-state index in [0.29, 0.717) is 5.02 Å². The topological polar surface area (TPSA) is 52.1 Å². The summed E-state index contributed by atoms with van der Waals surface area (Å²) in [4.78, 5) is 19.2. The summed E-state index contributed by atoms with van der Waals surface area (Å²) >= 11 is 11.6. The zero-order valence-electron chi connectivity index (χ0n) is 11.4. The minimum absolute atomic E-state index is 0.0683. The Morgan fingerprint density at radius 1 is 1.17 bits per heavy atom. The molecular weight excluding hydrogens is 356 g/mol. The van der Waals surface area contributed by atoms with Crippen molar-refractivity contribution in [3.8, 4) is 11.8 Å². The highest BCUT2D eigenvalue weighted by Gasteiger charge is 2.31. The van der Waals surface area contributed by atoms with Crippen molar-refractivity contribution in [2.75, 3.05) is 0 Å². The van der Waals surface area contributed by atoms with Crippen molar-refractivity contribution in [3.63, 3.8) is 0 Å². The lowest BCUT2D eigenvalue weighted by Crippen LogP contribution is -2.17. The Bertz CT molecular complexity index is 706. The van der Waals surface area contributed by atoms with E-state index in [4.69, 9.17) is 27.9 Å². The molecule has 1 aromatic heterocycles. The normalized spacial score (nSPS) is 11.3. The first-order chi connectivity index (χ1) is 10.7. The molecule has 0 aliphatic rings. The molecule has 122 valence electrons. The van der Waals surface area contributed by atoms with Crippen molar-refractivity contribution >= 4 is 29.0 Å². The molecule has 0 fully saturated rings. The van der Waals surface area contributed by atoms with E-state index in [0.717, 1.165) is 0 Å². The van der Waals surface area contributed by atoms with Crippen LogP contribution < -0.4 is 4.74 Å². The van der Waals surface area contributed by atoms with Gasteiger partial charge in [-0.1, -0.05) is 29.3 Å². The monoisotopic (exact) mass is 364 g/mol. The van der Waals surface area contributed by atoms with Gasteiger partial charge in [-0.25, -0.2) is 9.97 Å². The number of Topliss-reactive ketones (excluding diaryl/α,β-unsaturated/α-hetero) is 1. The lowest BCUT2D eigenvalue weighted by molar-refractivity contribution is -0.151. The number of halogens is 5. The summed E-state index contributed by atoms with van der Waals surface area (Å²) in [6.07, 6.45) is -4.03. The van der Waals surface area contributed by atoms with Crippen LogP contribution in [0.3, 0.4) is 0 Å². The number of hydrogen-bond donors (Lipinski definition) is 0. The Kier molecular flexibility index (Phi) is 5.43. The summed E-state index contributed by atoms with van der Waals surface area (Å²) in [7, 11) is 0. The minimum atomic E-state index is -4.57. The van der Waals surface area contributed by atoms with Crippen LogP contribution in [0, 0.1) is 0 Å². The second kappa shape index (κ2) is 7.14. The van der Waals surface area contributed by atoms with Crippen LogP contribution >= 0.6 is 23.2 Å². The molecule has 0 saturated carbocycles.